The van der Waals surface area contributed by atoms with Crippen LogP contribution in [-0.4, -0.2) is 128 Å². The van der Waals surface area contributed by atoms with Crippen molar-refractivity contribution in [1.82, 2.24) is 0 Å². The summed E-state index contributed by atoms with van der Waals surface area (Å²) in [4.78, 5) is 0. The van der Waals surface area contributed by atoms with Crippen LogP contribution in [0.1, 0.15) is 98.8 Å². The molecule has 0 amide bonds. The standard InChI is InChI=1S/C40H64O12/c1-19-8-13-39(48-18-19)21(3)40(47)29(52-39)16-26-24-7-6-22-15-23(9-11-37(22,4)25(24)10-12-38(26,40)5)49-36-35(34(46)32(44)28(17-41)51-36)50-27-14-20(2)30(42)33(45)31(27)43/h6,19-21,23-36,41-47H,7-18H2,1-5H3/t19-,20+,21+,23-,24-,25+,26+,27-,28-,29?,30+,31+,32-,33-,34-,35-,36+,37+,38+,39-,40+/m1/s1. The number of ether oxygens (including phenoxy) is 5. The molecule has 12 heteroatoms. The average Bonchev–Trinajstić information content (AvgIpc) is 3.48. The zero-order valence-corrected chi connectivity index (χ0v) is 31.5. The fraction of sp³-hybridized carbons (Fsp3) is 0.950. The third-order valence-electron chi connectivity index (χ3n) is 16.3. The van der Waals surface area contributed by atoms with Gasteiger partial charge in [0.25, 0.3) is 0 Å². The summed E-state index contributed by atoms with van der Waals surface area (Å²) < 4.78 is 32.0. The number of aliphatic hydroxyl groups excluding tert-OH is 6. The summed E-state index contributed by atoms with van der Waals surface area (Å²) in [6.07, 6.45) is -1.06. The third kappa shape index (κ3) is 5.51. The minimum absolute atomic E-state index is 0.0211. The summed E-state index contributed by atoms with van der Waals surface area (Å²) in [5.74, 6) is 0.620. The third-order valence-corrected chi connectivity index (χ3v) is 16.3. The van der Waals surface area contributed by atoms with E-state index in [0.29, 0.717) is 36.7 Å². The first-order valence-electron chi connectivity index (χ1n) is 20.3. The number of aliphatic hydroxyl groups is 7. The van der Waals surface area contributed by atoms with E-state index in [4.69, 9.17) is 23.7 Å². The minimum atomic E-state index is -1.47. The van der Waals surface area contributed by atoms with E-state index < -0.39 is 73.1 Å². The molecule has 21 atom stereocenters. The Labute approximate surface area is 307 Å². The summed E-state index contributed by atoms with van der Waals surface area (Å²) >= 11 is 0. The molecule has 3 heterocycles. The van der Waals surface area contributed by atoms with Gasteiger partial charge in [0.1, 0.15) is 42.2 Å². The summed E-state index contributed by atoms with van der Waals surface area (Å²) in [5, 5.41) is 76.1. The summed E-state index contributed by atoms with van der Waals surface area (Å²) in [6.45, 7) is 11.0. The second-order valence-electron chi connectivity index (χ2n) is 18.9. The maximum absolute atomic E-state index is 12.7. The summed E-state index contributed by atoms with van der Waals surface area (Å²) in [7, 11) is 0. The van der Waals surface area contributed by atoms with Crippen LogP contribution in [0.15, 0.2) is 11.6 Å². The number of rotatable bonds is 5. The van der Waals surface area contributed by atoms with Gasteiger partial charge in [0.15, 0.2) is 12.1 Å². The SMILES string of the molecule is C[C@@H]1CC[C@@]2(OC1)OC1C[C@H]3[C@@H]4CC=C5C[C@H](O[C@H]6O[C@H](CO)[C@@H](O)[C@@H](O)[C@H]6O[C@@H]6C[C@H](C)[C@H](O)[C@@H](O)[C@H]6O)CC[C@]5(C)[C@H]4CC[C@]3(C)[C@]1(O)[C@H]2C. The van der Waals surface area contributed by atoms with Crippen molar-refractivity contribution in [3.8, 4) is 0 Å². The molecule has 296 valence electrons. The molecule has 3 saturated heterocycles. The molecular formula is C40H64O12. The van der Waals surface area contributed by atoms with Crippen molar-refractivity contribution in [2.24, 2.45) is 46.3 Å². The van der Waals surface area contributed by atoms with E-state index in [1.807, 2.05) is 0 Å². The molecule has 0 radical (unpaired) electrons. The van der Waals surface area contributed by atoms with Gasteiger partial charge in [-0.05, 0) is 92.8 Å². The maximum atomic E-state index is 12.7. The topological polar surface area (TPSA) is 188 Å². The Morgan fingerprint density at radius 1 is 0.846 bits per heavy atom. The lowest BCUT2D eigenvalue weighted by Gasteiger charge is -2.60. The summed E-state index contributed by atoms with van der Waals surface area (Å²) in [5.41, 5.74) is 0.162. The molecule has 3 aliphatic heterocycles. The fourth-order valence-electron chi connectivity index (χ4n) is 12.9. The van der Waals surface area contributed by atoms with Gasteiger partial charge in [0.2, 0.25) is 0 Å². The normalized spacial score (nSPS) is 58.9. The highest BCUT2D eigenvalue weighted by molar-refractivity contribution is 5.29. The van der Waals surface area contributed by atoms with Gasteiger partial charge in [-0.25, -0.2) is 0 Å². The molecule has 0 aromatic heterocycles. The van der Waals surface area contributed by atoms with Crippen LogP contribution in [0.2, 0.25) is 0 Å². The van der Waals surface area contributed by atoms with Crippen LogP contribution in [-0.2, 0) is 23.7 Å². The average molecular weight is 737 g/mol. The lowest BCUT2D eigenvalue weighted by Crippen LogP contribution is -2.63. The fourth-order valence-corrected chi connectivity index (χ4v) is 12.9. The molecule has 12 nitrogen and oxygen atoms in total. The monoisotopic (exact) mass is 736 g/mol. The second-order valence-corrected chi connectivity index (χ2v) is 18.9. The van der Waals surface area contributed by atoms with Crippen LogP contribution in [0.5, 0.6) is 0 Å². The Balaban J connectivity index is 0.977. The number of hydrogen-bond donors (Lipinski definition) is 7. The van der Waals surface area contributed by atoms with Gasteiger partial charge < -0.3 is 59.4 Å². The lowest BCUT2D eigenvalue weighted by atomic mass is 9.46. The van der Waals surface area contributed by atoms with Crippen LogP contribution < -0.4 is 0 Å². The van der Waals surface area contributed by atoms with Crippen molar-refractivity contribution in [2.45, 2.75) is 178 Å². The molecule has 1 spiro atoms. The van der Waals surface area contributed by atoms with Crippen molar-refractivity contribution < 1.29 is 59.4 Å². The largest absolute Gasteiger partial charge is 0.394 e. The molecule has 0 aromatic rings. The zero-order valence-electron chi connectivity index (χ0n) is 31.5. The van der Waals surface area contributed by atoms with Crippen molar-refractivity contribution in [3.63, 3.8) is 0 Å². The molecule has 0 bridgehead atoms. The zero-order chi connectivity index (χ0) is 37.1. The highest BCUT2D eigenvalue weighted by atomic mass is 16.7. The number of fused-ring (bicyclic) bond motifs is 7. The van der Waals surface area contributed by atoms with Crippen molar-refractivity contribution in [1.29, 1.82) is 0 Å². The minimum Gasteiger partial charge on any atom is -0.394 e. The lowest BCUT2D eigenvalue weighted by molar-refractivity contribution is -0.335. The Morgan fingerprint density at radius 3 is 2.33 bits per heavy atom. The van der Waals surface area contributed by atoms with Gasteiger partial charge in [-0.3, -0.25) is 0 Å². The molecule has 4 saturated carbocycles. The van der Waals surface area contributed by atoms with Crippen LogP contribution in [0, 0.1) is 46.3 Å². The van der Waals surface area contributed by atoms with E-state index in [0.717, 1.165) is 51.4 Å². The Hall–Kier alpha value is -0.740. The predicted molar refractivity (Wildman–Crippen MR) is 186 cm³/mol. The molecule has 52 heavy (non-hydrogen) atoms. The molecule has 1 unspecified atom stereocenters. The number of hydrogen-bond acceptors (Lipinski definition) is 12. The van der Waals surface area contributed by atoms with Crippen LogP contribution in [0.4, 0.5) is 0 Å². The Bertz CT molecular complexity index is 1350. The first kappa shape index (κ1) is 38.1. The van der Waals surface area contributed by atoms with Gasteiger partial charge in [0.05, 0.1) is 37.6 Å². The van der Waals surface area contributed by atoms with Crippen LogP contribution in [0.3, 0.4) is 0 Å². The summed E-state index contributed by atoms with van der Waals surface area (Å²) in [6, 6.07) is 0. The molecule has 5 aliphatic carbocycles. The van der Waals surface area contributed by atoms with Gasteiger partial charge >= 0.3 is 0 Å². The van der Waals surface area contributed by atoms with E-state index in [-0.39, 0.29) is 41.3 Å². The predicted octanol–water partition coefficient (Wildman–Crippen LogP) is 2.17. The van der Waals surface area contributed by atoms with Gasteiger partial charge in [-0.15, -0.1) is 0 Å². The van der Waals surface area contributed by atoms with Crippen molar-refractivity contribution >= 4 is 0 Å². The molecule has 8 aliphatic rings. The molecular weight excluding hydrogens is 672 g/mol. The van der Waals surface area contributed by atoms with E-state index >= 15 is 0 Å². The molecule has 7 N–H and O–H groups in total. The first-order valence-corrected chi connectivity index (χ1v) is 20.3. The number of allylic oxidation sites excluding steroid dienone is 1. The van der Waals surface area contributed by atoms with E-state index in [9.17, 15) is 35.7 Å². The molecule has 7 fully saturated rings. The molecule has 0 aromatic carbocycles. The quantitative estimate of drug-likeness (QED) is 0.204. The van der Waals surface area contributed by atoms with E-state index in [2.05, 4.69) is 33.8 Å². The Morgan fingerprint density at radius 2 is 1.62 bits per heavy atom. The van der Waals surface area contributed by atoms with Gasteiger partial charge in [-0.1, -0.05) is 46.3 Å². The van der Waals surface area contributed by atoms with Crippen LogP contribution >= 0.6 is 0 Å². The first-order chi connectivity index (χ1) is 24.6. The van der Waals surface area contributed by atoms with Gasteiger partial charge in [0, 0.05) is 17.8 Å². The second kappa shape index (κ2) is 13.4. The van der Waals surface area contributed by atoms with E-state index in [1.165, 1.54) is 5.57 Å². The van der Waals surface area contributed by atoms with Crippen molar-refractivity contribution in [2.75, 3.05) is 13.2 Å². The maximum Gasteiger partial charge on any atom is 0.187 e. The van der Waals surface area contributed by atoms with E-state index in [1.54, 1.807) is 6.92 Å². The molecule has 8 rings (SSSR count). The highest BCUT2D eigenvalue weighted by Gasteiger charge is 2.76. The Kier molecular flexibility index (Phi) is 9.86. The highest BCUT2D eigenvalue weighted by Crippen LogP contribution is 2.72. The van der Waals surface area contributed by atoms with Gasteiger partial charge in [-0.2, -0.15) is 0 Å². The van der Waals surface area contributed by atoms with Crippen molar-refractivity contribution in [3.05, 3.63) is 11.6 Å². The smallest absolute Gasteiger partial charge is 0.187 e. The van der Waals surface area contributed by atoms with Crippen LogP contribution in [0.25, 0.3) is 0 Å².